The van der Waals surface area contributed by atoms with Gasteiger partial charge in [0.2, 0.25) is 0 Å². The monoisotopic (exact) mass is 417 g/mol. The van der Waals surface area contributed by atoms with Gasteiger partial charge in [-0.3, -0.25) is 4.90 Å². The Hall–Kier alpha value is -2.52. The van der Waals surface area contributed by atoms with E-state index in [9.17, 15) is 4.39 Å². The Labute approximate surface area is 177 Å². The lowest BCUT2D eigenvalue weighted by molar-refractivity contribution is 0.0389. The number of hydrogen-bond acceptors (Lipinski definition) is 5. The molecule has 1 aliphatic rings. The highest BCUT2D eigenvalue weighted by Crippen LogP contribution is 2.16. The summed E-state index contributed by atoms with van der Waals surface area (Å²) in [7, 11) is 1.93. The molecule has 1 atom stereocenters. The van der Waals surface area contributed by atoms with Crippen molar-refractivity contribution in [3.8, 4) is 0 Å². The van der Waals surface area contributed by atoms with E-state index < -0.39 is 0 Å². The predicted octanol–water partition coefficient (Wildman–Crippen LogP) is 1.70. The van der Waals surface area contributed by atoms with Gasteiger partial charge in [-0.05, 0) is 38.0 Å². The van der Waals surface area contributed by atoms with E-state index in [0.717, 1.165) is 56.6 Å². The Kier molecular flexibility index (Phi) is 7.75. The van der Waals surface area contributed by atoms with Crippen molar-refractivity contribution < 1.29 is 9.13 Å². The van der Waals surface area contributed by atoms with Gasteiger partial charge in [-0.1, -0.05) is 12.1 Å². The molecule has 0 amide bonds. The van der Waals surface area contributed by atoms with E-state index in [-0.39, 0.29) is 11.9 Å². The third kappa shape index (κ3) is 5.99. The average molecular weight is 418 g/mol. The first-order valence-electron chi connectivity index (χ1n) is 10.4. The number of morpholine rings is 1. The number of nitrogens with zero attached hydrogens (tertiary/aromatic N) is 5. The SMILES string of the molecule is Cc1ccc(C(C)NC(=NCc2nnc(C)n2C)NCCN2CCOCC2)cc1F. The van der Waals surface area contributed by atoms with Gasteiger partial charge in [0.25, 0.3) is 0 Å². The molecule has 8 nitrogen and oxygen atoms in total. The average Bonchev–Trinajstić information content (AvgIpc) is 3.06. The number of nitrogens with one attached hydrogen (secondary N) is 2. The lowest BCUT2D eigenvalue weighted by atomic mass is 10.1. The maximum absolute atomic E-state index is 14.0. The van der Waals surface area contributed by atoms with Crippen LogP contribution in [0, 0.1) is 19.7 Å². The Balaban J connectivity index is 1.66. The lowest BCUT2D eigenvalue weighted by Gasteiger charge is -2.27. The second kappa shape index (κ2) is 10.5. The molecule has 1 aliphatic heterocycles. The molecule has 0 radical (unpaired) electrons. The van der Waals surface area contributed by atoms with Crippen molar-refractivity contribution in [2.45, 2.75) is 33.4 Å². The molecule has 164 valence electrons. The standard InChI is InChI=1S/C21H32FN7O/c1-15-5-6-18(13-19(15)22)16(2)25-21(23-7-8-29-9-11-30-12-10-29)24-14-20-27-26-17(3)28(20)4/h5-6,13,16H,7-12,14H2,1-4H3,(H2,23,24,25). The summed E-state index contributed by atoms with van der Waals surface area (Å²) in [6, 6.07) is 5.21. The second-order valence-electron chi connectivity index (χ2n) is 7.64. The van der Waals surface area contributed by atoms with E-state index >= 15 is 0 Å². The molecular formula is C21H32FN7O. The zero-order valence-electron chi connectivity index (χ0n) is 18.3. The van der Waals surface area contributed by atoms with Crippen molar-refractivity contribution in [3.63, 3.8) is 0 Å². The van der Waals surface area contributed by atoms with E-state index in [1.165, 1.54) is 0 Å². The topological polar surface area (TPSA) is 79.6 Å². The Morgan fingerprint density at radius 3 is 2.70 bits per heavy atom. The van der Waals surface area contributed by atoms with Gasteiger partial charge in [0, 0.05) is 33.2 Å². The van der Waals surface area contributed by atoms with Gasteiger partial charge in [0.05, 0.1) is 19.3 Å². The highest BCUT2D eigenvalue weighted by atomic mass is 19.1. The summed E-state index contributed by atoms with van der Waals surface area (Å²) in [5, 5.41) is 15.0. The number of aliphatic imine (C=N–C) groups is 1. The maximum Gasteiger partial charge on any atom is 0.192 e. The molecule has 0 bridgehead atoms. The highest BCUT2D eigenvalue weighted by molar-refractivity contribution is 5.80. The number of ether oxygens (including phenoxy) is 1. The van der Waals surface area contributed by atoms with Crippen LogP contribution in [0.2, 0.25) is 0 Å². The summed E-state index contributed by atoms with van der Waals surface area (Å²) in [6.45, 7) is 11.2. The molecule has 30 heavy (non-hydrogen) atoms. The van der Waals surface area contributed by atoms with Crippen molar-refractivity contribution in [3.05, 3.63) is 46.8 Å². The number of benzene rings is 1. The first-order chi connectivity index (χ1) is 14.4. The third-order valence-electron chi connectivity index (χ3n) is 5.43. The summed E-state index contributed by atoms with van der Waals surface area (Å²) < 4.78 is 21.3. The summed E-state index contributed by atoms with van der Waals surface area (Å²) in [4.78, 5) is 7.05. The number of aromatic nitrogens is 3. The van der Waals surface area contributed by atoms with Crippen LogP contribution >= 0.6 is 0 Å². The largest absolute Gasteiger partial charge is 0.379 e. The highest BCUT2D eigenvalue weighted by Gasteiger charge is 2.13. The summed E-state index contributed by atoms with van der Waals surface area (Å²) >= 11 is 0. The number of rotatable bonds is 7. The molecule has 9 heteroatoms. The van der Waals surface area contributed by atoms with Crippen molar-refractivity contribution in [1.82, 2.24) is 30.3 Å². The van der Waals surface area contributed by atoms with Crippen LogP contribution in [0.3, 0.4) is 0 Å². The van der Waals surface area contributed by atoms with Crippen LogP contribution < -0.4 is 10.6 Å². The summed E-state index contributed by atoms with van der Waals surface area (Å²) in [6.07, 6.45) is 0. The fraction of sp³-hybridized carbons (Fsp3) is 0.571. The third-order valence-corrected chi connectivity index (χ3v) is 5.43. The van der Waals surface area contributed by atoms with Crippen molar-refractivity contribution in [2.24, 2.45) is 12.0 Å². The van der Waals surface area contributed by atoms with Crippen molar-refractivity contribution in [1.29, 1.82) is 0 Å². The lowest BCUT2D eigenvalue weighted by Crippen LogP contribution is -2.45. The second-order valence-corrected chi connectivity index (χ2v) is 7.64. The first kappa shape index (κ1) is 22.2. The minimum Gasteiger partial charge on any atom is -0.379 e. The van der Waals surface area contributed by atoms with Gasteiger partial charge in [0.15, 0.2) is 11.8 Å². The van der Waals surface area contributed by atoms with Crippen molar-refractivity contribution in [2.75, 3.05) is 39.4 Å². The molecule has 1 aromatic carbocycles. The number of guanidine groups is 1. The molecule has 1 aromatic heterocycles. The smallest absolute Gasteiger partial charge is 0.192 e. The van der Waals surface area contributed by atoms with Crippen LogP contribution in [-0.4, -0.2) is 65.0 Å². The van der Waals surface area contributed by atoms with Gasteiger partial charge >= 0.3 is 0 Å². The van der Waals surface area contributed by atoms with Gasteiger partial charge in [-0.15, -0.1) is 10.2 Å². The minimum atomic E-state index is -0.200. The summed E-state index contributed by atoms with van der Waals surface area (Å²) in [5.74, 6) is 2.10. The molecule has 2 N–H and O–H groups in total. The Morgan fingerprint density at radius 2 is 2.03 bits per heavy atom. The number of hydrogen-bond donors (Lipinski definition) is 2. The van der Waals surface area contributed by atoms with Crippen LogP contribution in [0.15, 0.2) is 23.2 Å². The van der Waals surface area contributed by atoms with Gasteiger partial charge in [-0.25, -0.2) is 9.38 Å². The van der Waals surface area contributed by atoms with E-state index in [1.54, 1.807) is 19.1 Å². The van der Waals surface area contributed by atoms with Crippen molar-refractivity contribution >= 4 is 5.96 Å². The zero-order valence-corrected chi connectivity index (χ0v) is 18.3. The Bertz CT molecular complexity index is 861. The molecule has 1 unspecified atom stereocenters. The molecule has 3 rings (SSSR count). The normalized spacial score (nSPS) is 16.5. The molecule has 0 spiro atoms. The quantitative estimate of drug-likeness (QED) is 0.527. The van der Waals surface area contributed by atoms with Gasteiger partial charge in [0.1, 0.15) is 18.2 Å². The van der Waals surface area contributed by atoms with Crippen LogP contribution in [-0.2, 0) is 18.3 Å². The Morgan fingerprint density at radius 1 is 1.27 bits per heavy atom. The van der Waals surface area contributed by atoms with E-state index in [1.807, 2.05) is 31.5 Å². The molecule has 2 aromatic rings. The van der Waals surface area contributed by atoms with Gasteiger partial charge < -0.3 is 19.9 Å². The fourth-order valence-corrected chi connectivity index (χ4v) is 3.22. The van der Waals surface area contributed by atoms with E-state index in [0.29, 0.717) is 18.1 Å². The summed E-state index contributed by atoms with van der Waals surface area (Å²) in [5.41, 5.74) is 1.51. The van der Waals surface area contributed by atoms with Crippen LogP contribution in [0.4, 0.5) is 4.39 Å². The van der Waals surface area contributed by atoms with Gasteiger partial charge in [-0.2, -0.15) is 0 Å². The number of halogens is 1. The zero-order chi connectivity index (χ0) is 21.5. The molecule has 0 saturated carbocycles. The molecule has 1 fully saturated rings. The van der Waals surface area contributed by atoms with Crippen LogP contribution in [0.25, 0.3) is 0 Å². The van der Waals surface area contributed by atoms with Crippen LogP contribution in [0.1, 0.15) is 35.7 Å². The molecule has 2 heterocycles. The van der Waals surface area contributed by atoms with E-state index in [2.05, 4.69) is 25.7 Å². The molecular weight excluding hydrogens is 385 g/mol. The molecule has 1 saturated heterocycles. The van der Waals surface area contributed by atoms with E-state index in [4.69, 9.17) is 9.73 Å². The number of aryl methyl sites for hydroxylation is 2. The fourth-order valence-electron chi connectivity index (χ4n) is 3.22. The first-order valence-corrected chi connectivity index (χ1v) is 10.4. The van der Waals surface area contributed by atoms with Crippen LogP contribution in [0.5, 0.6) is 0 Å². The minimum absolute atomic E-state index is 0.101. The maximum atomic E-state index is 14.0. The molecule has 0 aliphatic carbocycles. The predicted molar refractivity (Wildman–Crippen MR) is 115 cm³/mol.